The van der Waals surface area contributed by atoms with Crippen molar-refractivity contribution in [2.75, 3.05) is 11.9 Å². The molecule has 0 amide bonds. The lowest BCUT2D eigenvalue weighted by atomic mass is 10.2. The summed E-state index contributed by atoms with van der Waals surface area (Å²) in [5.74, 6) is 0.746. The fraction of sp³-hybridized carbons (Fsp3) is 0.750. The SMILES string of the molecule is CCCCn1ccnc1NCCCCC(F)(F)F. The Morgan fingerprint density at radius 1 is 1.28 bits per heavy atom. The van der Waals surface area contributed by atoms with Crippen molar-refractivity contribution < 1.29 is 13.2 Å². The van der Waals surface area contributed by atoms with Crippen LogP contribution in [0.3, 0.4) is 0 Å². The quantitative estimate of drug-likeness (QED) is 0.722. The molecule has 104 valence electrons. The largest absolute Gasteiger partial charge is 0.389 e. The van der Waals surface area contributed by atoms with E-state index in [2.05, 4.69) is 17.2 Å². The number of aryl methyl sites for hydroxylation is 1. The zero-order valence-electron chi connectivity index (χ0n) is 10.6. The molecule has 3 nitrogen and oxygen atoms in total. The predicted molar refractivity (Wildman–Crippen MR) is 65.5 cm³/mol. The van der Waals surface area contributed by atoms with Gasteiger partial charge in [0.1, 0.15) is 0 Å². The molecule has 1 N–H and O–H groups in total. The number of alkyl halides is 3. The van der Waals surface area contributed by atoms with Gasteiger partial charge in [0.2, 0.25) is 5.95 Å². The molecule has 0 aromatic carbocycles. The highest BCUT2D eigenvalue weighted by Gasteiger charge is 2.25. The van der Waals surface area contributed by atoms with Crippen molar-refractivity contribution in [1.29, 1.82) is 0 Å². The van der Waals surface area contributed by atoms with E-state index in [0.717, 1.165) is 25.3 Å². The molecule has 0 fully saturated rings. The number of unbranched alkanes of at least 4 members (excludes halogenated alkanes) is 2. The molecular formula is C12H20F3N3. The Hall–Kier alpha value is -1.20. The molecule has 1 rings (SSSR count). The van der Waals surface area contributed by atoms with Gasteiger partial charge in [0.25, 0.3) is 0 Å². The summed E-state index contributed by atoms with van der Waals surface area (Å²) in [5.41, 5.74) is 0. The van der Waals surface area contributed by atoms with Crippen LogP contribution in [-0.2, 0) is 6.54 Å². The van der Waals surface area contributed by atoms with Crippen LogP contribution in [0.15, 0.2) is 12.4 Å². The second-order valence-electron chi connectivity index (χ2n) is 4.30. The van der Waals surface area contributed by atoms with Gasteiger partial charge in [0.15, 0.2) is 0 Å². The van der Waals surface area contributed by atoms with Crippen molar-refractivity contribution in [3.8, 4) is 0 Å². The molecule has 18 heavy (non-hydrogen) atoms. The van der Waals surface area contributed by atoms with Crippen LogP contribution in [0.4, 0.5) is 19.1 Å². The molecule has 0 atom stereocenters. The molecule has 0 spiro atoms. The lowest BCUT2D eigenvalue weighted by Gasteiger charge is -2.09. The minimum atomic E-state index is -4.04. The van der Waals surface area contributed by atoms with Crippen molar-refractivity contribution in [1.82, 2.24) is 9.55 Å². The Balaban J connectivity index is 2.21. The van der Waals surface area contributed by atoms with Crippen molar-refractivity contribution in [2.45, 2.75) is 51.7 Å². The van der Waals surface area contributed by atoms with Gasteiger partial charge < -0.3 is 9.88 Å². The fourth-order valence-electron chi connectivity index (χ4n) is 1.64. The van der Waals surface area contributed by atoms with Crippen LogP contribution in [0, 0.1) is 0 Å². The van der Waals surface area contributed by atoms with E-state index in [0.29, 0.717) is 13.0 Å². The van der Waals surface area contributed by atoms with E-state index in [1.54, 1.807) is 6.20 Å². The van der Waals surface area contributed by atoms with Gasteiger partial charge in [0.05, 0.1) is 0 Å². The van der Waals surface area contributed by atoms with Crippen LogP contribution in [0.25, 0.3) is 0 Å². The minimum Gasteiger partial charge on any atom is -0.356 e. The summed E-state index contributed by atoms with van der Waals surface area (Å²) in [6.45, 7) is 3.53. The molecule has 0 aliphatic heterocycles. The van der Waals surface area contributed by atoms with Gasteiger partial charge >= 0.3 is 6.18 Å². The Labute approximate surface area is 105 Å². The highest BCUT2D eigenvalue weighted by molar-refractivity contribution is 5.25. The molecule has 0 aliphatic carbocycles. The van der Waals surface area contributed by atoms with Gasteiger partial charge in [0, 0.05) is 31.9 Å². The Morgan fingerprint density at radius 3 is 2.72 bits per heavy atom. The first-order chi connectivity index (χ1) is 8.53. The minimum absolute atomic E-state index is 0.159. The van der Waals surface area contributed by atoms with Crippen molar-refractivity contribution >= 4 is 5.95 Å². The van der Waals surface area contributed by atoms with Gasteiger partial charge in [-0.2, -0.15) is 13.2 Å². The normalized spacial score (nSPS) is 11.8. The Bertz CT molecular complexity index is 334. The molecule has 1 heterocycles. The smallest absolute Gasteiger partial charge is 0.356 e. The molecular weight excluding hydrogens is 243 g/mol. The summed E-state index contributed by atoms with van der Waals surface area (Å²) in [6, 6.07) is 0. The number of halogens is 3. The first-order valence-corrected chi connectivity index (χ1v) is 6.34. The van der Waals surface area contributed by atoms with Crippen LogP contribution in [0.2, 0.25) is 0 Å². The lowest BCUT2D eigenvalue weighted by molar-refractivity contribution is -0.135. The summed E-state index contributed by atoms with van der Waals surface area (Å²) >= 11 is 0. The van der Waals surface area contributed by atoms with Crippen molar-refractivity contribution in [3.05, 3.63) is 12.4 Å². The van der Waals surface area contributed by atoms with Gasteiger partial charge in [-0.05, 0) is 19.3 Å². The molecule has 1 aromatic heterocycles. The van der Waals surface area contributed by atoms with Crippen LogP contribution in [0.5, 0.6) is 0 Å². The maximum atomic E-state index is 11.9. The first-order valence-electron chi connectivity index (χ1n) is 6.34. The molecule has 0 bridgehead atoms. The number of imidazole rings is 1. The molecule has 0 aliphatic rings. The highest BCUT2D eigenvalue weighted by atomic mass is 19.4. The van der Waals surface area contributed by atoms with Crippen LogP contribution in [-0.4, -0.2) is 22.3 Å². The van der Waals surface area contributed by atoms with Gasteiger partial charge in [-0.3, -0.25) is 0 Å². The van der Waals surface area contributed by atoms with Gasteiger partial charge in [-0.15, -0.1) is 0 Å². The molecule has 6 heteroatoms. The summed E-state index contributed by atoms with van der Waals surface area (Å²) in [6.07, 6.45) is 1.66. The average Bonchev–Trinajstić information content (AvgIpc) is 2.72. The van der Waals surface area contributed by atoms with E-state index >= 15 is 0 Å². The van der Waals surface area contributed by atoms with Gasteiger partial charge in [-0.25, -0.2) is 4.98 Å². The number of nitrogens with one attached hydrogen (secondary N) is 1. The maximum Gasteiger partial charge on any atom is 0.389 e. The number of rotatable bonds is 8. The number of hydrogen-bond donors (Lipinski definition) is 1. The zero-order valence-corrected chi connectivity index (χ0v) is 10.6. The summed E-state index contributed by atoms with van der Waals surface area (Å²) < 4.78 is 37.8. The summed E-state index contributed by atoms with van der Waals surface area (Å²) in [5, 5.41) is 3.07. The van der Waals surface area contributed by atoms with Crippen LogP contribution < -0.4 is 5.32 Å². The van der Waals surface area contributed by atoms with E-state index in [1.165, 1.54) is 0 Å². The monoisotopic (exact) mass is 263 g/mol. The number of nitrogens with zero attached hydrogens (tertiary/aromatic N) is 2. The molecule has 0 saturated heterocycles. The van der Waals surface area contributed by atoms with Crippen LogP contribution >= 0.6 is 0 Å². The fourth-order valence-corrected chi connectivity index (χ4v) is 1.64. The number of anilines is 1. The third kappa shape index (κ3) is 5.93. The predicted octanol–water partition coefficient (Wildman–Crippen LogP) is 3.83. The van der Waals surface area contributed by atoms with Crippen molar-refractivity contribution in [2.24, 2.45) is 0 Å². The molecule has 0 saturated carbocycles. The maximum absolute atomic E-state index is 11.9. The molecule has 1 aromatic rings. The third-order valence-corrected chi connectivity index (χ3v) is 2.64. The topological polar surface area (TPSA) is 29.9 Å². The van der Waals surface area contributed by atoms with E-state index in [4.69, 9.17) is 0 Å². The second-order valence-corrected chi connectivity index (χ2v) is 4.30. The Kier molecular flexibility index (Phi) is 6.01. The summed E-state index contributed by atoms with van der Waals surface area (Å²) in [7, 11) is 0. The van der Waals surface area contributed by atoms with E-state index < -0.39 is 12.6 Å². The number of hydrogen-bond acceptors (Lipinski definition) is 2. The first kappa shape index (κ1) is 14.9. The van der Waals surface area contributed by atoms with Crippen molar-refractivity contribution in [3.63, 3.8) is 0 Å². The average molecular weight is 263 g/mol. The number of aromatic nitrogens is 2. The molecule has 0 radical (unpaired) electrons. The lowest BCUT2D eigenvalue weighted by Crippen LogP contribution is -2.11. The van der Waals surface area contributed by atoms with E-state index in [-0.39, 0.29) is 6.42 Å². The molecule has 0 unspecified atom stereocenters. The van der Waals surface area contributed by atoms with Gasteiger partial charge in [-0.1, -0.05) is 13.3 Å². The zero-order chi connectivity index (χ0) is 13.4. The van der Waals surface area contributed by atoms with Crippen LogP contribution in [0.1, 0.15) is 39.0 Å². The highest BCUT2D eigenvalue weighted by Crippen LogP contribution is 2.22. The third-order valence-electron chi connectivity index (χ3n) is 2.64. The van der Waals surface area contributed by atoms with E-state index in [9.17, 15) is 13.2 Å². The second kappa shape index (κ2) is 7.28. The summed E-state index contributed by atoms with van der Waals surface area (Å²) in [4.78, 5) is 4.15. The Morgan fingerprint density at radius 2 is 2.06 bits per heavy atom. The van der Waals surface area contributed by atoms with E-state index in [1.807, 2.05) is 10.8 Å². The standard InChI is InChI=1S/C12H20F3N3/c1-2-3-9-18-10-8-17-11(18)16-7-5-4-6-12(13,14)15/h8,10H,2-7,9H2,1H3,(H,16,17).